The average molecular weight is 384 g/mol. The van der Waals surface area contributed by atoms with E-state index in [0.717, 1.165) is 17.3 Å². The first kappa shape index (κ1) is 19.2. The Hall–Kier alpha value is -1.89. The van der Waals surface area contributed by atoms with Crippen molar-refractivity contribution in [3.8, 4) is 5.75 Å². The van der Waals surface area contributed by atoms with Crippen LogP contribution in [-0.2, 0) is 9.59 Å². The molecule has 0 fully saturated rings. The SMILES string of the molecule is CCCOc1ccc(Br)cc1/C=N\NC(=O)C(=O)N[C@@H](C)CC. The Morgan fingerprint density at radius 2 is 2.09 bits per heavy atom. The highest BCUT2D eigenvalue weighted by atomic mass is 79.9. The van der Waals surface area contributed by atoms with E-state index < -0.39 is 11.8 Å². The minimum absolute atomic E-state index is 0.0589. The molecule has 1 aromatic rings. The number of benzene rings is 1. The highest BCUT2D eigenvalue weighted by Gasteiger charge is 2.14. The van der Waals surface area contributed by atoms with Gasteiger partial charge in [-0.3, -0.25) is 9.59 Å². The highest BCUT2D eigenvalue weighted by Crippen LogP contribution is 2.21. The summed E-state index contributed by atoms with van der Waals surface area (Å²) in [6, 6.07) is 5.44. The molecule has 1 rings (SSSR count). The molecular weight excluding hydrogens is 362 g/mol. The van der Waals surface area contributed by atoms with E-state index in [1.165, 1.54) is 6.21 Å². The standard InChI is InChI=1S/C16H22BrN3O3/c1-4-8-23-14-7-6-13(17)9-12(14)10-18-20-16(22)15(21)19-11(3)5-2/h6-7,9-11H,4-5,8H2,1-3H3,(H,19,21)(H,20,22)/b18-10-/t11-/m0/s1. The largest absolute Gasteiger partial charge is 0.493 e. The summed E-state index contributed by atoms with van der Waals surface area (Å²) in [6.45, 7) is 6.36. The van der Waals surface area contributed by atoms with E-state index in [4.69, 9.17) is 4.74 Å². The van der Waals surface area contributed by atoms with E-state index >= 15 is 0 Å². The lowest BCUT2D eigenvalue weighted by Gasteiger charge is -2.10. The van der Waals surface area contributed by atoms with Crippen molar-refractivity contribution < 1.29 is 14.3 Å². The fraction of sp³-hybridized carbons (Fsp3) is 0.438. The number of ether oxygens (including phenoxy) is 1. The fourth-order valence-corrected chi connectivity index (χ4v) is 1.95. The van der Waals surface area contributed by atoms with Gasteiger partial charge in [0.05, 0.1) is 12.8 Å². The van der Waals surface area contributed by atoms with E-state index in [-0.39, 0.29) is 6.04 Å². The summed E-state index contributed by atoms with van der Waals surface area (Å²) in [5.74, 6) is -0.835. The van der Waals surface area contributed by atoms with E-state index in [9.17, 15) is 9.59 Å². The third kappa shape index (κ3) is 6.81. The third-order valence-electron chi connectivity index (χ3n) is 3.00. The molecule has 2 amide bonds. The number of hydrazone groups is 1. The Morgan fingerprint density at radius 1 is 1.35 bits per heavy atom. The molecule has 0 bridgehead atoms. The van der Waals surface area contributed by atoms with Gasteiger partial charge in [0.15, 0.2) is 0 Å². The van der Waals surface area contributed by atoms with Gasteiger partial charge in [0, 0.05) is 16.1 Å². The van der Waals surface area contributed by atoms with Gasteiger partial charge in [0.1, 0.15) is 5.75 Å². The Morgan fingerprint density at radius 3 is 2.74 bits per heavy atom. The van der Waals surface area contributed by atoms with Gasteiger partial charge in [-0.25, -0.2) is 5.43 Å². The zero-order chi connectivity index (χ0) is 17.2. The second-order valence-corrected chi connectivity index (χ2v) is 5.93. The molecule has 126 valence electrons. The van der Waals surface area contributed by atoms with Crippen molar-refractivity contribution >= 4 is 34.0 Å². The summed E-state index contributed by atoms with van der Waals surface area (Å²) in [6.07, 6.45) is 3.09. The zero-order valence-electron chi connectivity index (χ0n) is 13.6. The summed E-state index contributed by atoms with van der Waals surface area (Å²) in [7, 11) is 0. The maximum atomic E-state index is 11.6. The summed E-state index contributed by atoms with van der Waals surface area (Å²) in [5, 5.41) is 6.39. The summed E-state index contributed by atoms with van der Waals surface area (Å²) >= 11 is 3.37. The van der Waals surface area contributed by atoms with Gasteiger partial charge in [0.2, 0.25) is 0 Å². The van der Waals surface area contributed by atoms with E-state index in [0.29, 0.717) is 17.9 Å². The monoisotopic (exact) mass is 383 g/mol. The molecule has 0 aliphatic carbocycles. The van der Waals surface area contributed by atoms with Crippen molar-refractivity contribution in [2.24, 2.45) is 5.10 Å². The van der Waals surface area contributed by atoms with Crippen LogP contribution in [0.25, 0.3) is 0 Å². The van der Waals surface area contributed by atoms with Gasteiger partial charge in [-0.2, -0.15) is 5.10 Å². The number of hydrogen-bond acceptors (Lipinski definition) is 4. The van der Waals surface area contributed by atoms with Crippen LogP contribution >= 0.6 is 15.9 Å². The molecule has 0 saturated carbocycles. The van der Waals surface area contributed by atoms with Crippen LogP contribution in [0.3, 0.4) is 0 Å². The van der Waals surface area contributed by atoms with E-state index in [1.807, 2.05) is 39.0 Å². The van der Waals surface area contributed by atoms with Crippen LogP contribution in [0.2, 0.25) is 0 Å². The predicted octanol–water partition coefficient (Wildman–Crippen LogP) is 2.60. The minimum Gasteiger partial charge on any atom is -0.493 e. The lowest BCUT2D eigenvalue weighted by molar-refractivity contribution is -0.139. The van der Waals surface area contributed by atoms with Crippen LogP contribution in [0.1, 0.15) is 39.2 Å². The number of nitrogens with one attached hydrogen (secondary N) is 2. The molecule has 2 N–H and O–H groups in total. The second kappa shape index (κ2) is 9.99. The number of amides is 2. The Kier molecular flexibility index (Phi) is 8.32. The molecule has 6 nitrogen and oxygen atoms in total. The Labute approximate surface area is 144 Å². The Balaban J connectivity index is 2.68. The number of nitrogens with zero attached hydrogens (tertiary/aromatic N) is 1. The van der Waals surface area contributed by atoms with E-state index in [1.54, 1.807) is 0 Å². The van der Waals surface area contributed by atoms with E-state index in [2.05, 4.69) is 31.8 Å². The average Bonchev–Trinajstić information content (AvgIpc) is 2.53. The summed E-state index contributed by atoms with van der Waals surface area (Å²) in [5.41, 5.74) is 2.91. The van der Waals surface area contributed by atoms with Crippen molar-refractivity contribution in [1.29, 1.82) is 0 Å². The molecule has 23 heavy (non-hydrogen) atoms. The van der Waals surface area contributed by atoms with Gasteiger partial charge in [-0.15, -0.1) is 0 Å². The molecule has 0 aromatic heterocycles. The van der Waals surface area contributed by atoms with Gasteiger partial charge < -0.3 is 10.1 Å². The molecule has 0 spiro atoms. The molecule has 0 unspecified atom stereocenters. The van der Waals surface area contributed by atoms with Crippen molar-refractivity contribution in [2.45, 2.75) is 39.7 Å². The van der Waals surface area contributed by atoms with Gasteiger partial charge in [0.25, 0.3) is 0 Å². The van der Waals surface area contributed by atoms with Crippen molar-refractivity contribution in [1.82, 2.24) is 10.7 Å². The smallest absolute Gasteiger partial charge is 0.329 e. The first-order valence-electron chi connectivity index (χ1n) is 7.54. The second-order valence-electron chi connectivity index (χ2n) is 5.01. The molecule has 1 atom stereocenters. The van der Waals surface area contributed by atoms with Crippen LogP contribution in [0.15, 0.2) is 27.8 Å². The summed E-state index contributed by atoms with van der Waals surface area (Å²) < 4.78 is 6.47. The van der Waals surface area contributed by atoms with Crippen LogP contribution in [-0.4, -0.2) is 30.7 Å². The van der Waals surface area contributed by atoms with Crippen molar-refractivity contribution in [3.63, 3.8) is 0 Å². The quantitative estimate of drug-likeness (QED) is 0.431. The molecule has 0 heterocycles. The first-order chi connectivity index (χ1) is 11.0. The number of rotatable bonds is 7. The predicted molar refractivity (Wildman–Crippen MR) is 93.6 cm³/mol. The third-order valence-corrected chi connectivity index (χ3v) is 3.49. The van der Waals surface area contributed by atoms with Gasteiger partial charge in [-0.05, 0) is 38.0 Å². The normalized spacial score (nSPS) is 12.0. The van der Waals surface area contributed by atoms with Crippen LogP contribution < -0.4 is 15.5 Å². The van der Waals surface area contributed by atoms with Gasteiger partial charge in [-0.1, -0.05) is 29.8 Å². The number of halogens is 1. The highest BCUT2D eigenvalue weighted by molar-refractivity contribution is 9.10. The van der Waals surface area contributed by atoms with Gasteiger partial charge >= 0.3 is 11.8 Å². The number of hydrogen-bond donors (Lipinski definition) is 2. The number of carbonyl (C=O) groups is 2. The van der Waals surface area contributed by atoms with Crippen LogP contribution in [0, 0.1) is 0 Å². The van der Waals surface area contributed by atoms with Crippen LogP contribution in [0.5, 0.6) is 5.75 Å². The van der Waals surface area contributed by atoms with Crippen molar-refractivity contribution in [3.05, 3.63) is 28.2 Å². The summed E-state index contributed by atoms with van der Waals surface area (Å²) in [4.78, 5) is 23.2. The maximum absolute atomic E-state index is 11.6. The molecule has 0 radical (unpaired) electrons. The molecule has 1 aromatic carbocycles. The van der Waals surface area contributed by atoms with Crippen LogP contribution in [0.4, 0.5) is 0 Å². The molecular formula is C16H22BrN3O3. The molecule has 0 saturated heterocycles. The lowest BCUT2D eigenvalue weighted by atomic mass is 10.2. The number of carbonyl (C=O) groups excluding carboxylic acids is 2. The maximum Gasteiger partial charge on any atom is 0.329 e. The zero-order valence-corrected chi connectivity index (χ0v) is 15.1. The first-order valence-corrected chi connectivity index (χ1v) is 8.33. The minimum atomic E-state index is -0.799. The molecule has 0 aliphatic heterocycles. The molecule has 0 aliphatic rings. The topological polar surface area (TPSA) is 79.8 Å². The Bertz CT molecular complexity index is 576. The fourth-order valence-electron chi connectivity index (χ4n) is 1.57. The lowest BCUT2D eigenvalue weighted by Crippen LogP contribution is -2.41. The van der Waals surface area contributed by atoms with Crippen molar-refractivity contribution in [2.75, 3.05) is 6.61 Å². The molecule has 7 heteroatoms.